The molecular weight excluding hydrogens is 312 g/mol. The summed E-state index contributed by atoms with van der Waals surface area (Å²) in [6.45, 7) is 5.40. The largest absolute Gasteiger partial charge is 0.360 e. The fourth-order valence-corrected chi connectivity index (χ4v) is 7.66. The number of hydrogen-bond acceptors (Lipinski definition) is 4. The molecule has 1 aromatic rings. The van der Waals surface area contributed by atoms with E-state index in [4.69, 9.17) is 4.52 Å². The van der Waals surface area contributed by atoms with Crippen LogP contribution in [0.5, 0.6) is 0 Å². The minimum atomic E-state index is -3.58. The molecule has 4 saturated carbocycles. The van der Waals surface area contributed by atoms with Crippen molar-refractivity contribution in [2.75, 3.05) is 0 Å². The highest BCUT2D eigenvalue weighted by molar-refractivity contribution is 7.89. The van der Waals surface area contributed by atoms with E-state index in [2.05, 4.69) is 16.8 Å². The Morgan fingerprint density at radius 3 is 2.09 bits per heavy atom. The van der Waals surface area contributed by atoms with Crippen molar-refractivity contribution in [3.8, 4) is 0 Å². The molecule has 0 aromatic carbocycles. The molecule has 128 valence electrons. The van der Waals surface area contributed by atoms with Crippen LogP contribution in [0.4, 0.5) is 0 Å². The van der Waals surface area contributed by atoms with E-state index >= 15 is 0 Å². The van der Waals surface area contributed by atoms with Crippen molar-refractivity contribution in [2.24, 2.45) is 23.2 Å². The Labute approximate surface area is 138 Å². The number of nitrogens with one attached hydrogen (secondary N) is 1. The van der Waals surface area contributed by atoms with Crippen LogP contribution in [0.2, 0.25) is 0 Å². The molecule has 0 amide bonds. The van der Waals surface area contributed by atoms with Crippen LogP contribution in [0.25, 0.3) is 0 Å². The number of aromatic nitrogens is 1. The lowest BCUT2D eigenvalue weighted by molar-refractivity contribution is -0.0666. The van der Waals surface area contributed by atoms with Crippen molar-refractivity contribution in [1.82, 2.24) is 9.88 Å². The van der Waals surface area contributed by atoms with Crippen molar-refractivity contribution < 1.29 is 12.9 Å². The molecule has 1 aromatic heterocycles. The minimum absolute atomic E-state index is 0.0328. The lowest BCUT2D eigenvalue weighted by Gasteiger charge is -2.59. The molecule has 4 aliphatic carbocycles. The predicted molar refractivity (Wildman–Crippen MR) is 86.4 cm³/mol. The molecule has 1 heterocycles. The second kappa shape index (κ2) is 5.06. The third kappa shape index (κ3) is 2.45. The summed E-state index contributed by atoms with van der Waals surface area (Å²) in [5.41, 5.74) is 0.591. The van der Waals surface area contributed by atoms with E-state index in [1.165, 1.54) is 38.5 Å². The van der Waals surface area contributed by atoms with E-state index < -0.39 is 10.0 Å². The quantitative estimate of drug-likeness (QED) is 0.915. The molecular formula is C17H26N2O3S. The first-order valence-corrected chi connectivity index (χ1v) is 10.2. The van der Waals surface area contributed by atoms with Crippen LogP contribution in [0.3, 0.4) is 0 Å². The fraction of sp³-hybridized carbons (Fsp3) is 0.824. The maximum absolute atomic E-state index is 12.8. The molecule has 1 N–H and O–H groups in total. The zero-order chi connectivity index (χ0) is 16.4. The van der Waals surface area contributed by atoms with Crippen LogP contribution in [0, 0.1) is 37.0 Å². The van der Waals surface area contributed by atoms with Gasteiger partial charge in [0, 0.05) is 6.04 Å². The van der Waals surface area contributed by atoms with E-state index in [0.717, 1.165) is 17.8 Å². The van der Waals surface area contributed by atoms with E-state index in [1.807, 2.05) is 0 Å². The molecule has 0 unspecified atom stereocenters. The molecule has 4 fully saturated rings. The summed E-state index contributed by atoms with van der Waals surface area (Å²) < 4.78 is 33.7. The first kappa shape index (κ1) is 15.6. The Balaban J connectivity index is 1.59. The van der Waals surface area contributed by atoms with Gasteiger partial charge in [0.05, 0.1) is 0 Å². The molecule has 1 atom stereocenters. The average molecular weight is 338 g/mol. The van der Waals surface area contributed by atoms with Gasteiger partial charge in [0.2, 0.25) is 10.0 Å². The van der Waals surface area contributed by atoms with Crippen LogP contribution >= 0.6 is 0 Å². The molecule has 0 radical (unpaired) electrons. The van der Waals surface area contributed by atoms with Gasteiger partial charge in [-0.15, -0.1) is 0 Å². The van der Waals surface area contributed by atoms with Crippen LogP contribution < -0.4 is 4.72 Å². The fourth-order valence-electron chi connectivity index (χ4n) is 5.98. The summed E-state index contributed by atoms with van der Waals surface area (Å²) in [7, 11) is -3.58. The van der Waals surface area contributed by atoms with Gasteiger partial charge in [0.15, 0.2) is 5.76 Å². The smallest absolute Gasteiger partial charge is 0.246 e. The Kier molecular flexibility index (Phi) is 3.44. The summed E-state index contributed by atoms with van der Waals surface area (Å²) in [4.78, 5) is 0.217. The van der Waals surface area contributed by atoms with E-state index in [-0.39, 0.29) is 16.4 Å². The third-order valence-corrected chi connectivity index (χ3v) is 8.36. The number of rotatable bonds is 4. The van der Waals surface area contributed by atoms with Gasteiger partial charge in [-0.1, -0.05) is 5.16 Å². The van der Waals surface area contributed by atoms with Gasteiger partial charge in [-0.05, 0) is 82.5 Å². The predicted octanol–water partition coefficient (Wildman–Crippen LogP) is 3.17. The maximum atomic E-state index is 12.8. The molecule has 5 nitrogen and oxygen atoms in total. The first-order valence-electron chi connectivity index (χ1n) is 8.74. The number of hydrogen-bond donors (Lipinski definition) is 1. The zero-order valence-electron chi connectivity index (χ0n) is 14.1. The highest BCUT2D eigenvalue weighted by Gasteiger charge is 2.53. The molecule has 23 heavy (non-hydrogen) atoms. The van der Waals surface area contributed by atoms with Crippen molar-refractivity contribution in [2.45, 2.75) is 70.2 Å². The van der Waals surface area contributed by atoms with Gasteiger partial charge in [0.25, 0.3) is 0 Å². The molecule has 0 saturated heterocycles. The SMILES string of the molecule is Cc1noc(C)c1S(=O)(=O)N[C@@H](C)C12CC3CC(CC(C3)C1)C2. The van der Waals surface area contributed by atoms with Crippen LogP contribution in [0.15, 0.2) is 9.42 Å². The highest BCUT2D eigenvalue weighted by Crippen LogP contribution is 2.61. The maximum Gasteiger partial charge on any atom is 0.246 e. The van der Waals surface area contributed by atoms with Crippen LogP contribution in [0.1, 0.15) is 56.9 Å². The Hall–Kier alpha value is -0.880. The van der Waals surface area contributed by atoms with Gasteiger partial charge in [0.1, 0.15) is 10.6 Å². The van der Waals surface area contributed by atoms with Crippen LogP contribution in [-0.4, -0.2) is 19.6 Å². The van der Waals surface area contributed by atoms with Crippen molar-refractivity contribution in [3.05, 3.63) is 11.5 Å². The van der Waals surface area contributed by atoms with Gasteiger partial charge < -0.3 is 4.52 Å². The lowest BCUT2D eigenvalue weighted by atomic mass is 9.48. The van der Waals surface area contributed by atoms with Gasteiger partial charge in [-0.2, -0.15) is 0 Å². The topological polar surface area (TPSA) is 72.2 Å². The van der Waals surface area contributed by atoms with Crippen molar-refractivity contribution in [1.29, 1.82) is 0 Å². The number of aryl methyl sites for hydroxylation is 2. The van der Waals surface area contributed by atoms with Crippen LogP contribution in [-0.2, 0) is 10.0 Å². The summed E-state index contributed by atoms with van der Waals surface area (Å²) in [6.07, 6.45) is 7.65. The summed E-state index contributed by atoms with van der Waals surface area (Å²) in [5, 5.41) is 3.79. The monoisotopic (exact) mass is 338 g/mol. The zero-order valence-corrected chi connectivity index (χ0v) is 14.9. The Morgan fingerprint density at radius 2 is 1.65 bits per heavy atom. The van der Waals surface area contributed by atoms with Gasteiger partial charge in [-0.25, -0.2) is 13.1 Å². The molecule has 0 spiro atoms. The molecule has 5 rings (SSSR count). The summed E-state index contributed by atoms with van der Waals surface area (Å²) in [5.74, 6) is 2.81. The molecule has 4 aliphatic rings. The van der Waals surface area contributed by atoms with Crippen molar-refractivity contribution in [3.63, 3.8) is 0 Å². The minimum Gasteiger partial charge on any atom is -0.360 e. The normalized spacial score (nSPS) is 37.3. The molecule has 4 bridgehead atoms. The van der Waals surface area contributed by atoms with Crippen molar-refractivity contribution >= 4 is 10.0 Å². The molecule has 6 heteroatoms. The van der Waals surface area contributed by atoms with E-state index in [9.17, 15) is 8.42 Å². The first-order chi connectivity index (χ1) is 10.8. The second-order valence-electron chi connectivity index (χ2n) is 8.28. The summed E-state index contributed by atoms with van der Waals surface area (Å²) in [6, 6.07) is -0.0328. The number of nitrogens with zero attached hydrogens (tertiary/aromatic N) is 1. The van der Waals surface area contributed by atoms with E-state index in [0.29, 0.717) is 11.5 Å². The highest BCUT2D eigenvalue weighted by atomic mass is 32.2. The second-order valence-corrected chi connectivity index (χ2v) is 9.93. The number of sulfonamides is 1. The Bertz CT molecular complexity index is 667. The lowest BCUT2D eigenvalue weighted by Crippen LogP contribution is -2.55. The summed E-state index contributed by atoms with van der Waals surface area (Å²) >= 11 is 0. The van der Waals surface area contributed by atoms with E-state index in [1.54, 1.807) is 13.8 Å². The van der Waals surface area contributed by atoms with Gasteiger partial charge >= 0.3 is 0 Å². The van der Waals surface area contributed by atoms with Gasteiger partial charge in [-0.3, -0.25) is 0 Å². The third-order valence-electron chi connectivity index (χ3n) is 6.57. The average Bonchev–Trinajstić information content (AvgIpc) is 2.76. The standard InChI is InChI=1S/C17H26N2O3S/c1-10-16(11(2)22-18-10)23(20,21)19-12(3)17-7-13-4-14(8-17)6-15(5-13)9-17/h12-15,19H,4-9H2,1-3H3/t12-,13?,14?,15?,17?/m0/s1. The molecule has 0 aliphatic heterocycles. The Morgan fingerprint density at radius 1 is 1.13 bits per heavy atom.